The molecule has 2 atom stereocenters. The van der Waals surface area contributed by atoms with E-state index in [1.165, 1.54) is 0 Å². The molecule has 0 aromatic carbocycles. The van der Waals surface area contributed by atoms with Crippen LogP contribution in [0, 0.1) is 17.2 Å². The molecule has 0 spiro atoms. The molecule has 0 radical (unpaired) electrons. The van der Waals surface area contributed by atoms with Crippen LogP contribution in [0.15, 0.2) is 18.3 Å². The molecule has 4 nitrogen and oxygen atoms in total. The maximum Gasteiger partial charge on any atom is 0.146 e. The lowest BCUT2D eigenvalue weighted by Crippen LogP contribution is -2.29. The number of rotatable bonds is 1. The molecule has 78 valence electrons. The summed E-state index contributed by atoms with van der Waals surface area (Å²) in [4.78, 5) is 6.34. The predicted octanol–water partition coefficient (Wildman–Crippen LogP) is 0.737. The Morgan fingerprint density at radius 2 is 2.40 bits per heavy atom. The van der Waals surface area contributed by atoms with E-state index in [0.717, 1.165) is 18.9 Å². The fourth-order valence-corrected chi connectivity index (χ4v) is 1.90. The normalized spacial score (nSPS) is 25.3. The van der Waals surface area contributed by atoms with Crippen molar-refractivity contribution in [2.45, 2.75) is 13.0 Å². The van der Waals surface area contributed by atoms with Crippen molar-refractivity contribution in [1.29, 1.82) is 5.26 Å². The van der Waals surface area contributed by atoms with E-state index in [4.69, 9.17) is 11.0 Å². The number of hydrogen-bond donors (Lipinski definition) is 1. The smallest absolute Gasteiger partial charge is 0.146 e. The minimum absolute atomic E-state index is 0.179. The van der Waals surface area contributed by atoms with Gasteiger partial charge in [0.25, 0.3) is 0 Å². The van der Waals surface area contributed by atoms with Crippen LogP contribution in [0.2, 0.25) is 0 Å². The molecule has 2 heterocycles. The summed E-state index contributed by atoms with van der Waals surface area (Å²) in [7, 11) is 0. The first kappa shape index (κ1) is 9.94. The third-order valence-electron chi connectivity index (χ3n) is 2.88. The molecule has 0 aliphatic carbocycles. The molecule has 15 heavy (non-hydrogen) atoms. The molecule has 0 saturated carbocycles. The molecular formula is C11H14N4. The summed E-state index contributed by atoms with van der Waals surface area (Å²) >= 11 is 0. The number of aromatic nitrogens is 1. The number of hydrogen-bond acceptors (Lipinski definition) is 4. The lowest BCUT2D eigenvalue weighted by Gasteiger charge is -2.17. The van der Waals surface area contributed by atoms with Crippen LogP contribution in [0.4, 0.5) is 5.82 Å². The lowest BCUT2D eigenvalue weighted by molar-refractivity contribution is 0.566. The van der Waals surface area contributed by atoms with Crippen LogP contribution in [0.1, 0.15) is 12.5 Å². The van der Waals surface area contributed by atoms with Gasteiger partial charge in [0.2, 0.25) is 0 Å². The number of nitrogens with two attached hydrogens (primary N) is 1. The first-order chi connectivity index (χ1) is 7.22. The van der Waals surface area contributed by atoms with Crippen molar-refractivity contribution in [2.24, 2.45) is 11.7 Å². The molecule has 1 aromatic rings. The third-order valence-corrected chi connectivity index (χ3v) is 2.88. The standard InChI is InChI=1S/C11H14N4/c1-8-6-15(7-10(8)13)11-9(5-12)3-2-4-14-11/h2-4,8,10H,6-7,13H2,1H3. The van der Waals surface area contributed by atoms with E-state index in [1.54, 1.807) is 18.3 Å². The average molecular weight is 202 g/mol. The first-order valence-corrected chi connectivity index (χ1v) is 5.08. The molecule has 2 rings (SSSR count). The van der Waals surface area contributed by atoms with Gasteiger partial charge in [-0.3, -0.25) is 0 Å². The van der Waals surface area contributed by atoms with Crippen LogP contribution in [0.5, 0.6) is 0 Å². The summed E-state index contributed by atoms with van der Waals surface area (Å²) in [6, 6.07) is 5.90. The van der Waals surface area contributed by atoms with E-state index < -0.39 is 0 Å². The quantitative estimate of drug-likeness (QED) is 0.729. The minimum Gasteiger partial charge on any atom is -0.354 e. The van der Waals surface area contributed by atoms with E-state index in [1.807, 2.05) is 0 Å². The van der Waals surface area contributed by atoms with Crippen molar-refractivity contribution in [2.75, 3.05) is 18.0 Å². The second-order valence-electron chi connectivity index (χ2n) is 4.03. The molecule has 2 unspecified atom stereocenters. The topological polar surface area (TPSA) is 65.9 Å². The Hall–Kier alpha value is -1.60. The van der Waals surface area contributed by atoms with E-state index in [-0.39, 0.29) is 6.04 Å². The first-order valence-electron chi connectivity index (χ1n) is 5.08. The zero-order chi connectivity index (χ0) is 10.8. The van der Waals surface area contributed by atoms with Crippen LogP contribution in [-0.2, 0) is 0 Å². The highest BCUT2D eigenvalue weighted by atomic mass is 15.2. The van der Waals surface area contributed by atoms with Gasteiger partial charge < -0.3 is 10.6 Å². The largest absolute Gasteiger partial charge is 0.354 e. The van der Waals surface area contributed by atoms with Crippen molar-refractivity contribution >= 4 is 5.82 Å². The van der Waals surface area contributed by atoms with Gasteiger partial charge in [0, 0.05) is 25.3 Å². The molecule has 1 aliphatic heterocycles. The third kappa shape index (κ3) is 1.79. The highest BCUT2D eigenvalue weighted by molar-refractivity contribution is 5.54. The number of anilines is 1. The Balaban J connectivity index is 2.28. The van der Waals surface area contributed by atoms with Crippen molar-refractivity contribution in [1.82, 2.24) is 4.98 Å². The van der Waals surface area contributed by atoms with E-state index in [0.29, 0.717) is 11.5 Å². The maximum atomic E-state index is 8.96. The van der Waals surface area contributed by atoms with E-state index in [2.05, 4.69) is 22.9 Å². The van der Waals surface area contributed by atoms with E-state index >= 15 is 0 Å². The van der Waals surface area contributed by atoms with Gasteiger partial charge in [-0.25, -0.2) is 4.98 Å². The molecule has 0 bridgehead atoms. The van der Waals surface area contributed by atoms with Crippen LogP contribution >= 0.6 is 0 Å². The zero-order valence-electron chi connectivity index (χ0n) is 8.72. The Morgan fingerprint density at radius 3 is 3.00 bits per heavy atom. The maximum absolute atomic E-state index is 8.96. The highest BCUT2D eigenvalue weighted by Crippen LogP contribution is 2.23. The number of nitrogens with zero attached hydrogens (tertiary/aromatic N) is 3. The van der Waals surface area contributed by atoms with Gasteiger partial charge >= 0.3 is 0 Å². The van der Waals surface area contributed by atoms with Gasteiger partial charge in [-0.1, -0.05) is 6.92 Å². The van der Waals surface area contributed by atoms with Gasteiger partial charge in [0.1, 0.15) is 11.9 Å². The number of pyridine rings is 1. The van der Waals surface area contributed by atoms with Crippen LogP contribution in [0.25, 0.3) is 0 Å². The molecule has 0 amide bonds. The Morgan fingerprint density at radius 1 is 1.60 bits per heavy atom. The van der Waals surface area contributed by atoms with Gasteiger partial charge in [-0.2, -0.15) is 5.26 Å². The van der Waals surface area contributed by atoms with Crippen molar-refractivity contribution in [3.8, 4) is 6.07 Å². The summed E-state index contributed by atoms with van der Waals surface area (Å²) in [5, 5.41) is 8.96. The second kappa shape index (κ2) is 3.87. The fraction of sp³-hybridized carbons (Fsp3) is 0.455. The Labute approximate surface area is 89.3 Å². The van der Waals surface area contributed by atoms with Crippen LogP contribution < -0.4 is 10.6 Å². The summed E-state index contributed by atoms with van der Waals surface area (Å²) in [5.41, 5.74) is 6.57. The molecule has 2 N–H and O–H groups in total. The Bertz CT molecular complexity index is 386. The van der Waals surface area contributed by atoms with Gasteiger partial charge in [0.05, 0.1) is 5.56 Å². The minimum atomic E-state index is 0.179. The zero-order valence-corrected chi connectivity index (χ0v) is 8.72. The second-order valence-corrected chi connectivity index (χ2v) is 4.03. The summed E-state index contributed by atoms with van der Waals surface area (Å²) in [6.45, 7) is 3.79. The van der Waals surface area contributed by atoms with E-state index in [9.17, 15) is 0 Å². The fourth-order valence-electron chi connectivity index (χ4n) is 1.90. The average Bonchev–Trinajstić information content (AvgIpc) is 2.59. The lowest BCUT2D eigenvalue weighted by atomic mass is 10.1. The molecule has 1 fully saturated rings. The van der Waals surface area contributed by atoms with Crippen molar-refractivity contribution < 1.29 is 0 Å². The van der Waals surface area contributed by atoms with Gasteiger partial charge in [-0.15, -0.1) is 0 Å². The molecular weight excluding hydrogens is 188 g/mol. The van der Waals surface area contributed by atoms with Gasteiger partial charge in [-0.05, 0) is 18.1 Å². The molecule has 4 heteroatoms. The monoisotopic (exact) mass is 202 g/mol. The van der Waals surface area contributed by atoms with Crippen LogP contribution in [0.3, 0.4) is 0 Å². The van der Waals surface area contributed by atoms with Crippen molar-refractivity contribution in [3.05, 3.63) is 23.9 Å². The molecule has 1 aromatic heterocycles. The molecule has 1 saturated heterocycles. The summed E-state index contributed by atoms with van der Waals surface area (Å²) in [6.07, 6.45) is 1.71. The molecule has 1 aliphatic rings. The SMILES string of the molecule is CC1CN(c2ncccc2C#N)CC1N. The predicted molar refractivity (Wildman–Crippen MR) is 58.3 cm³/mol. The van der Waals surface area contributed by atoms with Gasteiger partial charge in [0.15, 0.2) is 0 Å². The summed E-state index contributed by atoms with van der Waals surface area (Å²) < 4.78 is 0. The highest BCUT2D eigenvalue weighted by Gasteiger charge is 2.28. The summed E-state index contributed by atoms with van der Waals surface area (Å²) in [5.74, 6) is 1.22. The Kier molecular flexibility index (Phi) is 2.57. The number of nitriles is 1. The van der Waals surface area contributed by atoms with Crippen LogP contribution in [-0.4, -0.2) is 24.1 Å². The van der Waals surface area contributed by atoms with Crippen molar-refractivity contribution in [3.63, 3.8) is 0 Å².